The molecule has 0 aliphatic heterocycles. The molecule has 0 heterocycles. The van der Waals surface area contributed by atoms with Crippen LogP contribution in [0.15, 0.2) is 24.3 Å². The molecule has 6 heteroatoms. The monoisotopic (exact) mass is 259 g/mol. The normalized spacial score (nSPS) is 16.4. The maximum absolute atomic E-state index is 13.6. The van der Waals surface area contributed by atoms with E-state index in [-0.39, 0.29) is 11.3 Å². The summed E-state index contributed by atoms with van der Waals surface area (Å²) in [5, 5.41) is -3.02. The van der Waals surface area contributed by atoms with Crippen molar-refractivity contribution in [2.24, 2.45) is 0 Å². The lowest BCUT2D eigenvalue weighted by Crippen LogP contribution is -2.30. The maximum atomic E-state index is 13.6. The Bertz CT molecular complexity index is 336. The summed E-state index contributed by atoms with van der Waals surface area (Å²) in [6.07, 6.45) is 0. The van der Waals surface area contributed by atoms with Crippen LogP contribution in [0.5, 0.6) is 0 Å². The minimum absolute atomic E-state index is 0.230. The van der Waals surface area contributed by atoms with Gasteiger partial charge in [-0.3, -0.25) is 0 Å². The highest BCUT2D eigenvalue weighted by Gasteiger charge is 2.51. The van der Waals surface area contributed by atoms with Crippen molar-refractivity contribution < 1.29 is 8.78 Å². The van der Waals surface area contributed by atoms with Crippen LogP contribution in [0.1, 0.15) is 5.56 Å². The van der Waals surface area contributed by atoms with Crippen LogP contribution < -0.4 is 5.73 Å². The van der Waals surface area contributed by atoms with Crippen LogP contribution >= 0.6 is 34.8 Å². The highest BCUT2D eigenvalue weighted by Crippen LogP contribution is 2.49. The van der Waals surface area contributed by atoms with E-state index in [4.69, 9.17) is 40.5 Å². The molecule has 0 saturated heterocycles. The van der Waals surface area contributed by atoms with Gasteiger partial charge in [0.15, 0.2) is 0 Å². The van der Waals surface area contributed by atoms with E-state index in [0.29, 0.717) is 0 Å². The van der Waals surface area contributed by atoms with Crippen LogP contribution in [0.2, 0.25) is 0 Å². The lowest BCUT2D eigenvalue weighted by molar-refractivity contribution is 0.156. The van der Waals surface area contributed by atoms with E-state index in [1.54, 1.807) is 0 Å². The molecular formula is C8H6Cl3F2N. The van der Waals surface area contributed by atoms with Gasteiger partial charge in [-0.15, -0.1) is 0 Å². The Kier molecular flexibility index (Phi) is 3.14. The number of alkyl halides is 5. The molecule has 1 atom stereocenters. The zero-order valence-corrected chi connectivity index (χ0v) is 9.04. The fourth-order valence-electron chi connectivity index (χ4n) is 0.898. The summed E-state index contributed by atoms with van der Waals surface area (Å²) in [6.45, 7) is 0. The Morgan fingerprint density at radius 3 is 2.14 bits per heavy atom. The number of benzene rings is 1. The molecule has 1 aromatic carbocycles. The Morgan fingerprint density at radius 2 is 1.71 bits per heavy atom. The Hall–Kier alpha value is -0.250. The number of anilines is 1. The number of rotatable bonds is 2. The summed E-state index contributed by atoms with van der Waals surface area (Å²) in [6, 6.07) is 5.31. The van der Waals surface area contributed by atoms with Crippen LogP contribution in [0.25, 0.3) is 0 Å². The first kappa shape index (κ1) is 11.8. The van der Waals surface area contributed by atoms with Gasteiger partial charge in [0.05, 0.1) is 0 Å². The first-order valence-electron chi connectivity index (χ1n) is 3.55. The zero-order valence-electron chi connectivity index (χ0n) is 6.78. The molecule has 0 aliphatic rings. The minimum Gasteiger partial charge on any atom is -0.399 e. The van der Waals surface area contributed by atoms with E-state index in [9.17, 15) is 8.78 Å². The Labute approximate surface area is 94.7 Å². The molecule has 0 aromatic heterocycles. The predicted molar refractivity (Wildman–Crippen MR) is 55.0 cm³/mol. The number of hydrogen-bond donors (Lipinski definition) is 1. The van der Waals surface area contributed by atoms with Crippen molar-refractivity contribution in [1.82, 2.24) is 0 Å². The van der Waals surface area contributed by atoms with Gasteiger partial charge >= 0.3 is 4.59 Å². The molecular weight excluding hydrogens is 254 g/mol. The van der Waals surface area contributed by atoms with E-state index in [0.717, 1.165) is 6.07 Å². The summed E-state index contributed by atoms with van der Waals surface area (Å²) in [7, 11) is 0. The summed E-state index contributed by atoms with van der Waals surface area (Å²) in [5.41, 5.74) is 5.37. The molecule has 2 N–H and O–H groups in total. The average Bonchev–Trinajstić information content (AvgIpc) is 2.02. The average molecular weight is 260 g/mol. The molecule has 1 rings (SSSR count). The van der Waals surface area contributed by atoms with Gasteiger partial charge in [0.1, 0.15) is 0 Å². The van der Waals surface area contributed by atoms with E-state index in [1.807, 2.05) is 0 Å². The van der Waals surface area contributed by atoms with E-state index in [2.05, 4.69) is 0 Å². The highest BCUT2D eigenvalue weighted by molar-refractivity contribution is 6.51. The van der Waals surface area contributed by atoms with Crippen molar-refractivity contribution in [3.63, 3.8) is 0 Å². The number of nitrogens with two attached hydrogens (primary N) is 1. The topological polar surface area (TPSA) is 26.0 Å². The maximum Gasteiger partial charge on any atom is 0.309 e. The van der Waals surface area contributed by atoms with Crippen molar-refractivity contribution in [3.05, 3.63) is 29.8 Å². The molecule has 0 amide bonds. The molecule has 1 aromatic rings. The van der Waals surface area contributed by atoms with Gasteiger partial charge in [-0.05, 0) is 12.1 Å². The van der Waals surface area contributed by atoms with Crippen LogP contribution in [-0.2, 0) is 5.13 Å². The number of nitrogen functional groups attached to an aromatic ring is 1. The molecule has 0 spiro atoms. The predicted octanol–water partition coefficient (Wildman–Crippen LogP) is 3.73. The van der Waals surface area contributed by atoms with Gasteiger partial charge < -0.3 is 5.73 Å². The first-order chi connectivity index (χ1) is 6.25. The Balaban J connectivity index is 3.16. The zero-order chi connectivity index (χ0) is 11.0. The molecule has 14 heavy (non-hydrogen) atoms. The molecule has 1 unspecified atom stereocenters. The van der Waals surface area contributed by atoms with Crippen LogP contribution in [0.3, 0.4) is 0 Å². The summed E-state index contributed by atoms with van der Waals surface area (Å²) in [5.74, 6) is 0. The molecule has 78 valence electrons. The van der Waals surface area contributed by atoms with E-state index >= 15 is 0 Å². The van der Waals surface area contributed by atoms with Crippen LogP contribution in [0, 0.1) is 0 Å². The molecule has 0 saturated carbocycles. The third-order valence-corrected chi connectivity index (χ3v) is 2.80. The van der Waals surface area contributed by atoms with Crippen molar-refractivity contribution in [3.8, 4) is 0 Å². The molecule has 0 aliphatic carbocycles. The van der Waals surface area contributed by atoms with Crippen molar-refractivity contribution >= 4 is 40.5 Å². The van der Waals surface area contributed by atoms with E-state index in [1.165, 1.54) is 18.2 Å². The second-order valence-electron chi connectivity index (χ2n) is 2.70. The number of hydrogen-bond acceptors (Lipinski definition) is 1. The first-order valence-corrected chi connectivity index (χ1v) is 4.69. The van der Waals surface area contributed by atoms with Gasteiger partial charge in [-0.25, -0.2) is 8.78 Å². The van der Waals surface area contributed by atoms with Crippen molar-refractivity contribution in [2.45, 2.75) is 9.72 Å². The summed E-state index contributed by atoms with van der Waals surface area (Å²) < 4.78 is 23.3. The second kappa shape index (κ2) is 3.72. The molecule has 0 bridgehead atoms. The quantitative estimate of drug-likeness (QED) is 0.636. The smallest absolute Gasteiger partial charge is 0.309 e. The van der Waals surface area contributed by atoms with Crippen molar-refractivity contribution in [1.29, 1.82) is 0 Å². The lowest BCUT2D eigenvalue weighted by Gasteiger charge is -2.24. The van der Waals surface area contributed by atoms with Gasteiger partial charge in [0.2, 0.25) is 0 Å². The summed E-state index contributed by atoms with van der Waals surface area (Å²) >= 11 is 15.2. The van der Waals surface area contributed by atoms with Gasteiger partial charge in [0, 0.05) is 11.3 Å². The van der Waals surface area contributed by atoms with Crippen LogP contribution in [-0.4, -0.2) is 4.59 Å². The van der Waals surface area contributed by atoms with Crippen LogP contribution in [0.4, 0.5) is 14.5 Å². The van der Waals surface area contributed by atoms with Gasteiger partial charge in [-0.1, -0.05) is 46.9 Å². The standard InChI is InChI=1S/C8H6Cl3F2N/c9-7(12,8(10,11)13)5-2-1-3-6(14)4-5/h1-4H,14H2. The lowest BCUT2D eigenvalue weighted by atomic mass is 10.1. The van der Waals surface area contributed by atoms with Gasteiger partial charge in [-0.2, -0.15) is 0 Å². The molecule has 0 fully saturated rings. The Morgan fingerprint density at radius 1 is 1.14 bits per heavy atom. The highest BCUT2D eigenvalue weighted by atomic mass is 35.5. The largest absolute Gasteiger partial charge is 0.399 e. The second-order valence-corrected chi connectivity index (χ2v) is 4.45. The SMILES string of the molecule is Nc1cccc(C(F)(Cl)C(F)(Cl)Cl)c1. The third kappa shape index (κ3) is 2.22. The van der Waals surface area contributed by atoms with Crippen molar-refractivity contribution in [2.75, 3.05) is 5.73 Å². The third-order valence-electron chi connectivity index (χ3n) is 1.61. The fraction of sp³-hybridized carbons (Fsp3) is 0.250. The molecule has 1 nitrogen and oxygen atoms in total. The summed E-state index contributed by atoms with van der Waals surface area (Å²) in [4.78, 5) is 0. The molecule has 0 radical (unpaired) electrons. The van der Waals surface area contributed by atoms with Gasteiger partial charge in [0.25, 0.3) is 5.13 Å². The number of halogens is 5. The van der Waals surface area contributed by atoms with E-state index < -0.39 is 9.72 Å². The fourth-order valence-corrected chi connectivity index (χ4v) is 1.23. The minimum atomic E-state index is -3.22.